The lowest BCUT2D eigenvalue weighted by atomic mass is 10.0. The number of benzene rings is 2. The molecule has 0 aromatic heterocycles. The Morgan fingerprint density at radius 1 is 0.952 bits per heavy atom. The lowest BCUT2D eigenvalue weighted by molar-refractivity contribution is 0.117. The highest BCUT2D eigenvalue weighted by Gasteiger charge is 2.02. The third-order valence-corrected chi connectivity index (χ3v) is 3.47. The Morgan fingerprint density at radius 2 is 1.67 bits per heavy atom. The minimum Gasteiger partial charge on any atom is -0.398 e. The lowest BCUT2D eigenvalue weighted by Gasteiger charge is -2.09. The van der Waals surface area contributed by atoms with Crippen LogP contribution in [0.4, 0.5) is 5.69 Å². The summed E-state index contributed by atoms with van der Waals surface area (Å²) in [6, 6.07) is 18.2. The van der Waals surface area contributed by atoms with Gasteiger partial charge in [0, 0.05) is 12.3 Å². The Morgan fingerprint density at radius 3 is 2.43 bits per heavy atom. The van der Waals surface area contributed by atoms with Gasteiger partial charge in [-0.05, 0) is 42.0 Å². The second kappa shape index (κ2) is 8.28. The zero-order valence-electron chi connectivity index (χ0n) is 12.4. The van der Waals surface area contributed by atoms with Gasteiger partial charge in [0.25, 0.3) is 0 Å². The van der Waals surface area contributed by atoms with E-state index in [0.29, 0.717) is 6.61 Å². The van der Waals surface area contributed by atoms with Gasteiger partial charge in [-0.2, -0.15) is 0 Å². The summed E-state index contributed by atoms with van der Waals surface area (Å²) in [5.41, 5.74) is 10.2. The van der Waals surface area contributed by atoms with Gasteiger partial charge < -0.3 is 10.5 Å². The first-order valence-electron chi connectivity index (χ1n) is 7.41. The predicted octanol–water partition coefficient (Wildman–Crippen LogP) is 4.67. The van der Waals surface area contributed by atoms with E-state index >= 15 is 0 Å². The molecule has 0 aliphatic heterocycles. The van der Waals surface area contributed by atoms with Crippen LogP contribution in [0.2, 0.25) is 0 Å². The third-order valence-electron chi connectivity index (χ3n) is 3.47. The molecule has 110 valence electrons. The average molecular weight is 281 g/mol. The molecule has 2 N–H and O–H groups in total. The van der Waals surface area contributed by atoms with Gasteiger partial charge in [0.05, 0.1) is 6.61 Å². The Balaban J connectivity index is 1.62. The molecule has 21 heavy (non-hydrogen) atoms. The monoisotopic (exact) mass is 281 g/mol. The van der Waals surface area contributed by atoms with Gasteiger partial charge in [0.2, 0.25) is 0 Å². The van der Waals surface area contributed by atoms with Crippen LogP contribution in [0.15, 0.2) is 61.2 Å². The van der Waals surface area contributed by atoms with Gasteiger partial charge in [-0.15, -0.1) is 0 Å². The van der Waals surface area contributed by atoms with Crippen molar-refractivity contribution in [2.24, 2.45) is 0 Å². The highest BCUT2D eigenvalue weighted by Crippen LogP contribution is 2.23. The zero-order chi connectivity index (χ0) is 14.9. The fourth-order valence-electron chi connectivity index (χ4n) is 2.26. The number of rotatable bonds is 8. The highest BCUT2D eigenvalue weighted by molar-refractivity contribution is 5.73. The van der Waals surface area contributed by atoms with E-state index in [-0.39, 0.29) is 0 Å². The number of hydrogen-bond acceptors (Lipinski definition) is 2. The van der Waals surface area contributed by atoms with E-state index in [0.717, 1.165) is 42.7 Å². The number of para-hydroxylation sites is 1. The van der Waals surface area contributed by atoms with E-state index in [4.69, 9.17) is 10.5 Å². The van der Waals surface area contributed by atoms with Crippen molar-refractivity contribution in [1.82, 2.24) is 0 Å². The first-order chi connectivity index (χ1) is 10.3. The van der Waals surface area contributed by atoms with E-state index in [9.17, 15) is 0 Å². The van der Waals surface area contributed by atoms with Crippen LogP contribution in [0.25, 0.3) is 5.57 Å². The molecule has 2 aromatic carbocycles. The molecule has 0 saturated heterocycles. The molecule has 0 bridgehead atoms. The Bertz CT molecular complexity index is 563. The van der Waals surface area contributed by atoms with Crippen molar-refractivity contribution < 1.29 is 4.74 Å². The summed E-state index contributed by atoms with van der Waals surface area (Å²) in [5.74, 6) is 0. The average Bonchev–Trinajstić information content (AvgIpc) is 2.52. The van der Waals surface area contributed by atoms with Gasteiger partial charge >= 0.3 is 0 Å². The third kappa shape index (κ3) is 5.09. The molecule has 2 heteroatoms. The standard InChI is InChI=1S/C19H23NO/c1-16(18-12-5-6-13-19(18)20)9-7-8-14-21-15-17-10-3-2-4-11-17/h2-6,10-13H,1,7-9,14-15,20H2. The fourth-order valence-corrected chi connectivity index (χ4v) is 2.26. The summed E-state index contributed by atoms with van der Waals surface area (Å²) in [4.78, 5) is 0. The van der Waals surface area contributed by atoms with Gasteiger partial charge in [0.1, 0.15) is 0 Å². The molecule has 0 heterocycles. The lowest BCUT2D eigenvalue weighted by Crippen LogP contribution is -1.96. The van der Waals surface area contributed by atoms with Crippen LogP contribution in [-0.2, 0) is 11.3 Å². The normalized spacial score (nSPS) is 10.5. The molecule has 0 spiro atoms. The van der Waals surface area contributed by atoms with E-state index in [1.807, 2.05) is 42.5 Å². The van der Waals surface area contributed by atoms with Crippen LogP contribution in [0, 0.1) is 0 Å². The van der Waals surface area contributed by atoms with Gasteiger partial charge in [-0.1, -0.05) is 55.1 Å². The molecule has 0 fully saturated rings. The second-order valence-corrected chi connectivity index (χ2v) is 5.19. The molecule has 0 aliphatic rings. The number of allylic oxidation sites excluding steroid dienone is 1. The summed E-state index contributed by atoms with van der Waals surface area (Å²) >= 11 is 0. The first kappa shape index (κ1) is 15.3. The Labute approximate surface area is 127 Å². The first-order valence-corrected chi connectivity index (χ1v) is 7.41. The smallest absolute Gasteiger partial charge is 0.0716 e. The fraction of sp³-hybridized carbons (Fsp3) is 0.263. The Hall–Kier alpha value is -2.06. The summed E-state index contributed by atoms with van der Waals surface area (Å²) in [6.45, 7) is 5.60. The van der Waals surface area contributed by atoms with Crippen LogP contribution in [0.1, 0.15) is 30.4 Å². The van der Waals surface area contributed by atoms with E-state index in [1.54, 1.807) is 0 Å². The van der Waals surface area contributed by atoms with Crippen molar-refractivity contribution >= 4 is 11.3 Å². The van der Waals surface area contributed by atoms with Crippen molar-refractivity contribution in [2.75, 3.05) is 12.3 Å². The molecule has 0 amide bonds. The van der Waals surface area contributed by atoms with Crippen LogP contribution < -0.4 is 5.73 Å². The number of ether oxygens (including phenoxy) is 1. The van der Waals surface area contributed by atoms with Crippen molar-refractivity contribution in [3.8, 4) is 0 Å². The maximum atomic E-state index is 5.95. The summed E-state index contributed by atoms with van der Waals surface area (Å²) in [7, 11) is 0. The molecule has 0 aliphatic carbocycles. The van der Waals surface area contributed by atoms with Gasteiger partial charge in [0.15, 0.2) is 0 Å². The molecule has 2 aromatic rings. The van der Waals surface area contributed by atoms with Crippen molar-refractivity contribution in [1.29, 1.82) is 0 Å². The van der Waals surface area contributed by atoms with Crippen LogP contribution in [-0.4, -0.2) is 6.61 Å². The molecule has 2 rings (SSSR count). The zero-order valence-corrected chi connectivity index (χ0v) is 12.4. The minimum atomic E-state index is 0.688. The molecule has 0 atom stereocenters. The largest absolute Gasteiger partial charge is 0.398 e. The summed E-state index contributed by atoms with van der Waals surface area (Å²) in [5, 5.41) is 0. The number of nitrogen functional groups attached to an aromatic ring is 1. The summed E-state index contributed by atoms with van der Waals surface area (Å²) in [6.07, 6.45) is 3.07. The van der Waals surface area contributed by atoms with Crippen LogP contribution in [0.5, 0.6) is 0 Å². The van der Waals surface area contributed by atoms with E-state index in [2.05, 4.69) is 18.7 Å². The molecule has 0 saturated carbocycles. The Kier molecular flexibility index (Phi) is 6.04. The van der Waals surface area contributed by atoms with Crippen molar-refractivity contribution in [3.05, 3.63) is 72.3 Å². The molecular formula is C19H23NO. The van der Waals surface area contributed by atoms with Crippen LogP contribution in [0.3, 0.4) is 0 Å². The number of anilines is 1. The minimum absolute atomic E-state index is 0.688. The van der Waals surface area contributed by atoms with Gasteiger partial charge in [-0.3, -0.25) is 0 Å². The SMILES string of the molecule is C=C(CCCCOCc1ccccc1)c1ccccc1N. The molecule has 0 radical (unpaired) electrons. The quantitative estimate of drug-likeness (QED) is 0.563. The molecular weight excluding hydrogens is 258 g/mol. The van der Waals surface area contributed by atoms with Crippen LogP contribution >= 0.6 is 0 Å². The number of hydrogen-bond donors (Lipinski definition) is 1. The number of nitrogens with two attached hydrogens (primary N) is 1. The molecule has 0 unspecified atom stereocenters. The number of unbranched alkanes of at least 4 members (excludes halogenated alkanes) is 1. The van der Waals surface area contributed by atoms with E-state index in [1.165, 1.54) is 5.56 Å². The van der Waals surface area contributed by atoms with Crippen molar-refractivity contribution in [2.45, 2.75) is 25.9 Å². The maximum absolute atomic E-state index is 5.95. The second-order valence-electron chi connectivity index (χ2n) is 5.19. The van der Waals surface area contributed by atoms with Crippen molar-refractivity contribution in [3.63, 3.8) is 0 Å². The maximum Gasteiger partial charge on any atom is 0.0716 e. The molecule has 2 nitrogen and oxygen atoms in total. The predicted molar refractivity (Wildman–Crippen MR) is 89.8 cm³/mol. The highest BCUT2D eigenvalue weighted by atomic mass is 16.5. The van der Waals surface area contributed by atoms with E-state index < -0.39 is 0 Å². The summed E-state index contributed by atoms with van der Waals surface area (Å²) < 4.78 is 5.68. The topological polar surface area (TPSA) is 35.2 Å². The van der Waals surface area contributed by atoms with Gasteiger partial charge in [-0.25, -0.2) is 0 Å².